The molecule has 0 aliphatic carbocycles. The summed E-state index contributed by atoms with van der Waals surface area (Å²) >= 11 is 6.54. The summed E-state index contributed by atoms with van der Waals surface area (Å²) in [6.45, 7) is 32.6. The number of amides is 5. The maximum atomic E-state index is 15.3. The van der Waals surface area contributed by atoms with Crippen LogP contribution in [0.1, 0.15) is 276 Å². The monoisotopic (exact) mass is 1730 g/mol. The van der Waals surface area contributed by atoms with Gasteiger partial charge in [-0.1, -0.05) is 257 Å². The second kappa shape index (κ2) is 45.2. The summed E-state index contributed by atoms with van der Waals surface area (Å²) in [7, 11) is 0. The molecule has 8 heterocycles. The van der Waals surface area contributed by atoms with E-state index in [0.717, 1.165) is 215 Å². The fraction of sp³-hybridized carbons (Fsp3) is 0.476. The summed E-state index contributed by atoms with van der Waals surface area (Å²) in [5, 5.41) is 2.84. The molecule has 4 aliphatic heterocycles. The zero-order valence-electron chi connectivity index (χ0n) is 73.6. The van der Waals surface area contributed by atoms with E-state index in [1.165, 1.54) is 6.42 Å². The van der Waals surface area contributed by atoms with Crippen molar-refractivity contribution in [1.82, 2.24) is 24.9 Å². The first-order valence-corrected chi connectivity index (χ1v) is 47.7. The summed E-state index contributed by atoms with van der Waals surface area (Å²) in [6.07, 6.45) is 19.7. The van der Waals surface area contributed by atoms with E-state index in [-0.39, 0.29) is 44.5 Å². The molecule has 4 atom stereocenters. The molecule has 4 aromatic carbocycles. The maximum absolute atomic E-state index is 15.3. The average Bonchev–Trinajstić information content (AvgIpc) is 1.56. The van der Waals surface area contributed by atoms with Gasteiger partial charge in [0.1, 0.15) is 11.2 Å². The van der Waals surface area contributed by atoms with Crippen LogP contribution in [0, 0.1) is 23.7 Å². The molecule has 0 saturated heterocycles. The predicted molar refractivity (Wildman–Crippen MR) is 512 cm³/mol. The van der Waals surface area contributed by atoms with E-state index in [1.54, 1.807) is 45.3 Å². The standard InChI is InChI=1S/C56H73N3O6S2.C45H56N4O2S2.2CH4/c1-11-15-17-19-38(14-4)36-59-51(46-32-30-44(67-46)42-27-22-40(23-28-42)34-57-54(63)65-56(8,9)10)49-48(53(59)62)50(58(52(49)61)35-37(13-3)18-16-12-2)45-31-29-43(66-45)41-25-20-39(21-26-41)24-33-47(60)64-55(5,6)7;1-5-9-11-13-31(8-4)29-49-43(39-25-23-37(53-39)35-20-16-33(27-47)17-21-35)41-40(45(49)51)42(48(44(41)50)28-30(7-3)12-10-6-2)38-24-22-36(52-38)34-18-14-32(26-46)15-19-34;;/h20-23,25-32,37-38H,11-19,24,33-36H2,1-10H3,(H,57,63);14-25,30-31H,5-13,26-29,46-47H2,1-4H3;2*1H4. The molecule has 5 N–H and O–H groups in total. The molecule has 0 bridgehead atoms. The quantitative estimate of drug-likeness (QED) is 0.0245. The Hall–Kier alpha value is -8.82. The number of esters is 1. The van der Waals surface area contributed by atoms with Crippen LogP contribution in [-0.2, 0) is 59.5 Å². The fourth-order valence-electron chi connectivity index (χ4n) is 16.4. The predicted octanol–water partition coefficient (Wildman–Crippen LogP) is 26.0. The van der Waals surface area contributed by atoms with Crippen molar-refractivity contribution in [3.8, 4) is 41.8 Å². The topological polar surface area (TPSA) is 198 Å². The van der Waals surface area contributed by atoms with Gasteiger partial charge in [-0.2, -0.15) is 0 Å². The van der Waals surface area contributed by atoms with E-state index in [2.05, 4.69) is 194 Å². The van der Waals surface area contributed by atoms with Crippen LogP contribution >= 0.6 is 45.3 Å². The highest BCUT2D eigenvalue weighted by Gasteiger charge is 2.52. The Morgan fingerprint density at radius 2 is 0.615 bits per heavy atom. The van der Waals surface area contributed by atoms with Crippen LogP contribution in [0.15, 0.2) is 168 Å². The largest absolute Gasteiger partial charge is 0.460 e. The Morgan fingerprint density at radius 1 is 0.352 bits per heavy atom. The van der Waals surface area contributed by atoms with E-state index in [1.807, 2.05) is 73.3 Å². The van der Waals surface area contributed by atoms with Crippen LogP contribution in [-0.4, -0.2) is 92.7 Å². The molecule has 0 fully saturated rings. The SMILES string of the molecule is C.C.CCCCCC(CC)CN1C(=O)C2=C(c3ccc(-c4ccc(CCC(=O)OC(C)(C)C)cc4)s3)N(CC(CC)CCCC)C(=O)C2=C1c1ccc(-c2ccc(CNC(=O)OC(C)(C)C)cc2)s1.CCCCCC(CC)CN1C(=O)C2=C(c3ccc(-c4ccc(CN)cc4)s3)N(CC(CC)CCCC)C(=O)C2=C1c1ccc(-c2ccc(CN)cc2)s1. The van der Waals surface area contributed by atoms with Gasteiger partial charge < -0.3 is 45.9 Å². The smallest absolute Gasteiger partial charge is 0.407 e. The number of alkyl carbamates (subject to hydrolysis) is 1. The molecular weight excluding hydrogens is 1590 g/mol. The number of aryl methyl sites for hydroxylation is 1. The van der Waals surface area contributed by atoms with Crippen molar-refractivity contribution in [3.63, 3.8) is 0 Å². The lowest BCUT2D eigenvalue weighted by Gasteiger charge is -2.29. The third kappa shape index (κ3) is 24.0. The Bertz CT molecular complexity index is 4960. The van der Waals surface area contributed by atoms with Gasteiger partial charge in [0.05, 0.1) is 64.6 Å². The molecule has 0 spiro atoms. The number of nitrogens with zero attached hydrogens (tertiary/aromatic N) is 4. The maximum Gasteiger partial charge on any atom is 0.407 e. The highest BCUT2D eigenvalue weighted by Crippen LogP contribution is 2.54. The molecule has 122 heavy (non-hydrogen) atoms. The molecule has 656 valence electrons. The lowest BCUT2D eigenvalue weighted by atomic mass is 9.97. The van der Waals surface area contributed by atoms with E-state index < -0.39 is 17.3 Å². The first-order valence-electron chi connectivity index (χ1n) is 44.4. The van der Waals surface area contributed by atoms with Crippen LogP contribution < -0.4 is 16.8 Å². The number of nitrogens with two attached hydrogens (primary N) is 2. The van der Waals surface area contributed by atoms with E-state index in [4.69, 9.17) is 20.9 Å². The van der Waals surface area contributed by atoms with Crippen LogP contribution in [0.4, 0.5) is 4.79 Å². The zero-order valence-corrected chi connectivity index (χ0v) is 76.9. The summed E-state index contributed by atoms with van der Waals surface area (Å²) < 4.78 is 10.9. The minimum absolute atomic E-state index is 0. The minimum Gasteiger partial charge on any atom is -0.460 e. The molecule has 5 amide bonds. The lowest BCUT2D eigenvalue weighted by Crippen LogP contribution is -2.34. The van der Waals surface area contributed by atoms with Gasteiger partial charge in [-0.25, -0.2) is 4.79 Å². The van der Waals surface area contributed by atoms with Crippen LogP contribution in [0.5, 0.6) is 0 Å². The van der Waals surface area contributed by atoms with Crippen LogP contribution in [0.2, 0.25) is 0 Å². The number of fused-ring (bicyclic) bond motifs is 2. The molecule has 8 aromatic rings. The van der Waals surface area contributed by atoms with Gasteiger partial charge in [0.25, 0.3) is 23.6 Å². The molecule has 4 aromatic heterocycles. The molecule has 4 unspecified atom stereocenters. The summed E-state index contributed by atoms with van der Waals surface area (Å²) in [4.78, 5) is 101. The van der Waals surface area contributed by atoms with Crippen LogP contribution in [0.3, 0.4) is 0 Å². The third-order valence-electron chi connectivity index (χ3n) is 23.5. The average molecular weight is 1730 g/mol. The highest BCUT2D eigenvalue weighted by molar-refractivity contribution is 7.18. The van der Waals surface area contributed by atoms with Gasteiger partial charge >= 0.3 is 12.1 Å². The Morgan fingerprint density at radius 3 is 0.877 bits per heavy atom. The summed E-state index contributed by atoms with van der Waals surface area (Å²) in [5.74, 6) is 0.806. The van der Waals surface area contributed by atoms with E-state index in [0.29, 0.717) is 105 Å². The highest BCUT2D eigenvalue weighted by atomic mass is 32.1. The van der Waals surface area contributed by atoms with Crippen molar-refractivity contribution in [2.45, 2.75) is 271 Å². The number of thiophene rings is 4. The first kappa shape index (κ1) is 97.0. The first-order chi connectivity index (χ1) is 57.8. The number of carbonyl (C=O) groups is 6. The number of unbranched alkanes of at least 4 members (excludes halogenated alkanes) is 6. The minimum atomic E-state index is -0.575. The number of hydrogen-bond donors (Lipinski definition) is 3. The van der Waals surface area contributed by atoms with Gasteiger partial charge in [-0.05, 0) is 190 Å². The van der Waals surface area contributed by atoms with Gasteiger partial charge in [0, 0.05) is 71.7 Å². The van der Waals surface area contributed by atoms with Crippen molar-refractivity contribution in [2.75, 3.05) is 26.2 Å². The number of nitrogens with one attached hydrogen (secondary N) is 1. The number of carbonyl (C=O) groups excluding carboxylic acids is 6. The van der Waals surface area contributed by atoms with Crippen molar-refractivity contribution >= 4 is 104 Å². The molecule has 19 heteroatoms. The summed E-state index contributed by atoms with van der Waals surface area (Å²) in [6, 6.07) is 50.0. The van der Waals surface area contributed by atoms with Crippen molar-refractivity contribution in [1.29, 1.82) is 0 Å². The molecule has 12 rings (SSSR count). The van der Waals surface area contributed by atoms with Gasteiger partial charge in [0.2, 0.25) is 0 Å². The van der Waals surface area contributed by atoms with Crippen LogP contribution in [0.25, 0.3) is 64.6 Å². The number of rotatable bonds is 41. The Labute approximate surface area is 745 Å². The number of hydrogen-bond acceptors (Lipinski definition) is 14. The lowest BCUT2D eigenvalue weighted by molar-refractivity contribution is -0.154. The van der Waals surface area contributed by atoms with Gasteiger partial charge in [-0.15, -0.1) is 45.3 Å². The molecular formula is C103H137N7O8S4. The Balaban J connectivity index is 0.000000279. The second-order valence-corrected chi connectivity index (χ2v) is 39.1. The molecule has 0 radical (unpaired) electrons. The molecule has 0 saturated carbocycles. The number of ether oxygens (including phenoxy) is 2. The van der Waals surface area contributed by atoms with Gasteiger partial charge in [-0.3, -0.25) is 24.0 Å². The second-order valence-electron chi connectivity index (χ2n) is 34.7. The number of benzene rings is 4. The van der Waals surface area contributed by atoms with E-state index in [9.17, 15) is 9.59 Å². The van der Waals surface area contributed by atoms with E-state index >= 15 is 19.2 Å². The van der Waals surface area contributed by atoms with Crippen molar-refractivity contribution < 1.29 is 38.2 Å². The Kier molecular flexibility index (Phi) is 35.9. The van der Waals surface area contributed by atoms with Gasteiger partial charge in [0.15, 0.2) is 0 Å². The van der Waals surface area contributed by atoms with Crippen molar-refractivity contribution in [3.05, 3.63) is 210 Å². The van der Waals surface area contributed by atoms with Crippen molar-refractivity contribution in [2.24, 2.45) is 35.1 Å². The summed E-state index contributed by atoms with van der Waals surface area (Å²) in [5.41, 5.74) is 24.4. The normalized spacial score (nSPS) is 15.1. The zero-order chi connectivity index (χ0) is 86.0. The molecule has 4 aliphatic rings. The third-order valence-corrected chi connectivity index (χ3v) is 28.0. The molecule has 15 nitrogen and oxygen atoms in total. The fourth-order valence-corrected chi connectivity index (χ4v) is 20.7.